The van der Waals surface area contributed by atoms with E-state index in [0.717, 1.165) is 17.1 Å². The fourth-order valence-electron chi connectivity index (χ4n) is 6.05. The Bertz CT molecular complexity index is 1120. The van der Waals surface area contributed by atoms with Gasteiger partial charge in [0.1, 0.15) is 0 Å². The Morgan fingerprint density at radius 1 is 1.15 bits per heavy atom. The molecule has 2 atom stereocenters. The summed E-state index contributed by atoms with van der Waals surface area (Å²) in [6, 6.07) is 3.77. The number of ether oxygens (including phenoxy) is 1. The van der Waals surface area contributed by atoms with Crippen molar-refractivity contribution in [1.82, 2.24) is 5.32 Å². The largest absolute Gasteiger partial charge is 0.743 e. The second-order valence-electron chi connectivity index (χ2n) is 9.39. The molecule has 0 spiro atoms. The van der Waals surface area contributed by atoms with Crippen molar-refractivity contribution < 1.29 is 36.1 Å². The summed E-state index contributed by atoms with van der Waals surface area (Å²) in [5.41, 5.74) is -1.20. The molecule has 7 nitrogen and oxygen atoms in total. The highest BCUT2D eigenvalue weighted by Gasteiger charge is 2.62. The molecule has 0 heterocycles. The van der Waals surface area contributed by atoms with E-state index in [1.165, 1.54) is 0 Å². The summed E-state index contributed by atoms with van der Waals surface area (Å²) < 4.78 is 66.8. The molecule has 1 amide bonds. The van der Waals surface area contributed by atoms with Gasteiger partial charge in [0, 0.05) is 16.2 Å². The molecular weight excluding hydrogens is 801 g/mol. The Kier molecular flexibility index (Phi) is 7.06. The highest BCUT2D eigenvalue weighted by Crippen LogP contribution is 2.62. The number of carbonyl (C=O) groups is 2. The molecule has 33 heavy (non-hydrogen) atoms. The maximum absolute atomic E-state index is 13.6. The lowest BCUT2D eigenvalue weighted by Gasteiger charge is -2.60. The first-order chi connectivity index (χ1) is 15.2. The number of carbonyl (C=O) groups excluding carboxylic acids is 2. The highest BCUT2D eigenvalue weighted by atomic mass is 127. The SMILES string of the molecule is O=C(NC12CC3CC(C1)CC(C(=O)OCC(F)(F)S(=O)(=O)[O-])(C3)C2)c1cc(I)cc(I)c1I. The molecule has 1 aromatic rings. The van der Waals surface area contributed by atoms with Gasteiger partial charge >= 0.3 is 11.2 Å². The standard InChI is InChI=1S/C20H20F2I3NO6S/c21-20(22,33(29,30)31)9-32-17(28)18-4-10-1-11(5-18)7-19(6-10,8-18)26-16(27)13-2-12(23)3-14(24)15(13)25/h2-3,10-11H,1,4-9H2,(H,26,27)(H,29,30,31)/p-1. The number of nitrogens with one attached hydrogen (secondary N) is 1. The molecular formula is C20H19F2I3NO6S-. The van der Waals surface area contributed by atoms with Crippen LogP contribution < -0.4 is 5.32 Å². The third kappa shape index (κ3) is 5.03. The van der Waals surface area contributed by atoms with Gasteiger partial charge in [-0.05, 0) is 130 Å². The zero-order valence-corrected chi connectivity index (χ0v) is 24.3. The van der Waals surface area contributed by atoms with Gasteiger partial charge in [-0.3, -0.25) is 9.59 Å². The van der Waals surface area contributed by atoms with Gasteiger partial charge in [-0.15, -0.1) is 0 Å². The van der Waals surface area contributed by atoms with Crippen molar-refractivity contribution in [2.75, 3.05) is 6.61 Å². The van der Waals surface area contributed by atoms with Gasteiger partial charge in [-0.1, -0.05) is 0 Å². The number of esters is 1. The lowest BCUT2D eigenvalue weighted by molar-refractivity contribution is -0.179. The molecule has 182 valence electrons. The van der Waals surface area contributed by atoms with Crippen LogP contribution in [0, 0.1) is 28.0 Å². The van der Waals surface area contributed by atoms with E-state index < -0.39 is 38.9 Å². The smallest absolute Gasteiger partial charge is 0.367 e. The molecule has 0 aromatic heterocycles. The average molecular weight is 820 g/mol. The van der Waals surface area contributed by atoms with Crippen LogP contribution in [0.2, 0.25) is 0 Å². The normalized spacial score (nSPS) is 30.8. The van der Waals surface area contributed by atoms with E-state index in [-0.39, 0.29) is 24.2 Å². The predicted octanol–water partition coefficient (Wildman–Crippen LogP) is 4.25. The van der Waals surface area contributed by atoms with Gasteiger partial charge in [-0.2, -0.15) is 8.78 Å². The Morgan fingerprint density at radius 3 is 2.33 bits per heavy atom. The number of hydrogen-bond donors (Lipinski definition) is 1. The zero-order chi connectivity index (χ0) is 24.4. The predicted molar refractivity (Wildman–Crippen MR) is 138 cm³/mol. The number of amides is 1. The summed E-state index contributed by atoms with van der Waals surface area (Å²) in [7, 11) is -5.94. The van der Waals surface area contributed by atoms with Crippen molar-refractivity contribution in [2.24, 2.45) is 17.3 Å². The second-order valence-corrected chi connectivity index (χ2v) is 14.4. The molecule has 13 heteroatoms. The molecule has 0 aliphatic heterocycles. The van der Waals surface area contributed by atoms with Crippen LogP contribution in [0.25, 0.3) is 0 Å². The van der Waals surface area contributed by atoms with Gasteiger partial charge in [0.2, 0.25) is 0 Å². The quantitative estimate of drug-likeness (QED) is 0.199. The third-order valence-corrected chi connectivity index (χ3v) is 11.4. The van der Waals surface area contributed by atoms with E-state index in [9.17, 15) is 31.3 Å². The first-order valence-electron chi connectivity index (χ1n) is 10.1. The van der Waals surface area contributed by atoms with Crippen molar-refractivity contribution in [3.05, 3.63) is 28.4 Å². The highest BCUT2D eigenvalue weighted by molar-refractivity contribution is 14.1. The van der Waals surface area contributed by atoms with Crippen molar-refractivity contribution >= 4 is 89.8 Å². The molecule has 4 saturated carbocycles. The van der Waals surface area contributed by atoms with Crippen molar-refractivity contribution in [2.45, 2.75) is 49.3 Å². The molecule has 1 N–H and O–H groups in total. The number of rotatable bonds is 6. The molecule has 4 fully saturated rings. The van der Waals surface area contributed by atoms with E-state index in [1.54, 1.807) is 6.07 Å². The summed E-state index contributed by atoms with van der Waals surface area (Å²) in [5.74, 6) is -0.918. The van der Waals surface area contributed by atoms with Crippen LogP contribution >= 0.6 is 67.8 Å². The summed E-state index contributed by atoms with van der Waals surface area (Å²) in [4.78, 5) is 26.2. The molecule has 1 aromatic carbocycles. The van der Waals surface area contributed by atoms with Crippen LogP contribution in [-0.2, 0) is 19.6 Å². The van der Waals surface area contributed by atoms with Crippen LogP contribution in [0.3, 0.4) is 0 Å². The lowest BCUT2D eigenvalue weighted by atomic mass is 9.47. The van der Waals surface area contributed by atoms with E-state index in [1.807, 2.05) is 6.07 Å². The van der Waals surface area contributed by atoms with Gasteiger partial charge < -0.3 is 14.6 Å². The maximum atomic E-state index is 13.6. The first-order valence-corrected chi connectivity index (χ1v) is 14.8. The summed E-state index contributed by atoms with van der Waals surface area (Å²) >= 11 is 6.44. The van der Waals surface area contributed by atoms with E-state index >= 15 is 0 Å². The summed E-state index contributed by atoms with van der Waals surface area (Å²) in [6.07, 6.45) is 3.38. The number of hydrogen-bond acceptors (Lipinski definition) is 6. The molecule has 0 radical (unpaired) electrons. The fraction of sp³-hybridized carbons (Fsp3) is 0.600. The zero-order valence-electron chi connectivity index (χ0n) is 17.0. The number of alkyl halides is 2. The number of benzene rings is 1. The minimum atomic E-state index is -5.94. The topological polar surface area (TPSA) is 113 Å². The van der Waals surface area contributed by atoms with Crippen molar-refractivity contribution in [3.8, 4) is 0 Å². The Balaban J connectivity index is 1.56. The van der Waals surface area contributed by atoms with Gasteiger partial charge in [-0.25, -0.2) is 8.42 Å². The second kappa shape index (κ2) is 8.90. The molecule has 4 aliphatic carbocycles. The fourth-order valence-corrected chi connectivity index (χ4v) is 8.66. The van der Waals surface area contributed by atoms with Gasteiger partial charge in [0.15, 0.2) is 16.7 Å². The molecule has 5 rings (SSSR count). The lowest BCUT2D eigenvalue weighted by Crippen LogP contribution is -2.65. The monoisotopic (exact) mass is 820 g/mol. The third-order valence-electron chi connectivity index (χ3n) is 6.85. The van der Waals surface area contributed by atoms with E-state index in [2.05, 4.69) is 73.1 Å². The Hall–Kier alpha value is 0.120. The van der Waals surface area contributed by atoms with Crippen LogP contribution in [0.1, 0.15) is 48.9 Å². The minimum Gasteiger partial charge on any atom is -0.743 e. The first kappa shape index (κ1) is 26.2. The summed E-state index contributed by atoms with van der Waals surface area (Å²) in [6.45, 7) is -1.80. The average Bonchev–Trinajstić information content (AvgIpc) is 2.66. The minimum absolute atomic E-state index is 0.123. The Labute approximate surface area is 230 Å². The Morgan fingerprint density at radius 2 is 1.76 bits per heavy atom. The van der Waals surface area contributed by atoms with Crippen LogP contribution in [-0.4, -0.2) is 42.2 Å². The molecule has 4 aliphatic rings. The van der Waals surface area contributed by atoms with E-state index in [0.29, 0.717) is 31.2 Å². The van der Waals surface area contributed by atoms with Gasteiger partial charge in [0.25, 0.3) is 5.91 Å². The van der Waals surface area contributed by atoms with Crippen LogP contribution in [0.5, 0.6) is 0 Å². The molecule has 2 unspecified atom stereocenters. The van der Waals surface area contributed by atoms with Crippen LogP contribution in [0.4, 0.5) is 8.78 Å². The van der Waals surface area contributed by atoms with E-state index in [4.69, 9.17) is 4.74 Å². The summed E-state index contributed by atoms with van der Waals surface area (Å²) in [5, 5.41) is -1.53. The van der Waals surface area contributed by atoms with Crippen molar-refractivity contribution in [1.29, 1.82) is 0 Å². The molecule has 0 saturated heterocycles. The van der Waals surface area contributed by atoms with Crippen molar-refractivity contribution in [3.63, 3.8) is 0 Å². The van der Waals surface area contributed by atoms with Gasteiger partial charge in [0.05, 0.1) is 11.0 Å². The molecule has 4 bridgehead atoms. The van der Waals surface area contributed by atoms with Crippen LogP contribution in [0.15, 0.2) is 12.1 Å². The number of halogens is 5. The maximum Gasteiger partial charge on any atom is 0.367 e.